The molecule has 10 nitrogen and oxygen atoms in total. The van der Waals surface area contributed by atoms with Crippen LogP contribution in [0.1, 0.15) is 30.5 Å². The van der Waals surface area contributed by atoms with Crippen LogP contribution in [0.5, 0.6) is 0 Å². The largest absolute Gasteiger partial charge is 0.352 e. The number of sulfonamides is 1. The summed E-state index contributed by atoms with van der Waals surface area (Å²) in [6.45, 7) is 4.96. The molecule has 0 aromatic heterocycles. The summed E-state index contributed by atoms with van der Waals surface area (Å²) in [6, 6.07) is 28.2. The van der Waals surface area contributed by atoms with Crippen molar-refractivity contribution in [2.24, 2.45) is 0 Å². The Balaban J connectivity index is 1.82. The molecule has 0 saturated carbocycles. The summed E-state index contributed by atoms with van der Waals surface area (Å²) in [7, 11) is -4.31. The normalized spacial score (nSPS) is 11.9. The van der Waals surface area contributed by atoms with E-state index in [1.807, 2.05) is 75.4 Å². The highest BCUT2D eigenvalue weighted by molar-refractivity contribution is 7.92. The Hall–Kier alpha value is -5.03. The zero-order chi connectivity index (χ0) is 32.6. The average molecular weight is 629 g/mol. The smallest absolute Gasteiger partial charge is 0.269 e. The Kier molecular flexibility index (Phi) is 10.7. The van der Waals surface area contributed by atoms with Crippen molar-refractivity contribution in [2.45, 2.75) is 50.7 Å². The number of amides is 2. The van der Waals surface area contributed by atoms with Gasteiger partial charge in [0.1, 0.15) is 12.6 Å². The number of anilines is 1. The number of aryl methyl sites for hydroxylation is 1. The molecule has 4 rings (SSSR count). The number of rotatable bonds is 13. The SMILES string of the molecule is Cc1ccccc1CN(C(=O)CN(c1ccc([N+](=O)[O-])cc1)S(=O)(=O)c1ccccc1)C(Cc1ccccc1)C(=O)NC(C)C. The maximum atomic E-state index is 14.4. The van der Waals surface area contributed by atoms with Crippen LogP contribution < -0.4 is 9.62 Å². The molecule has 1 unspecified atom stereocenters. The standard InChI is InChI=1S/C34H36N4O6S/c1-25(2)35-34(40)32(22-27-13-6-4-7-14-27)36(23-28-15-11-10-12-26(28)3)33(39)24-37(29-18-20-30(21-19-29)38(41)42)45(43,44)31-16-8-5-9-17-31/h4-21,25,32H,22-24H2,1-3H3,(H,35,40). The van der Waals surface area contributed by atoms with E-state index in [1.165, 1.54) is 41.3 Å². The molecule has 0 bridgehead atoms. The molecule has 11 heteroatoms. The lowest BCUT2D eigenvalue weighted by molar-refractivity contribution is -0.384. The number of hydrogen-bond acceptors (Lipinski definition) is 6. The zero-order valence-corrected chi connectivity index (χ0v) is 26.2. The summed E-state index contributed by atoms with van der Waals surface area (Å²) >= 11 is 0. The molecule has 0 spiro atoms. The first-order valence-electron chi connectivity index (χ1n) is 14.5. The van der Waals surface area contributed by atoms with Crippen molar-refractivity contribution >= 4 is 33.2 Å². The van der Waals surface area contributed by atoms with Crippen molar-refractivity contribution in [2.75, 3.05) is 10.8 Å². The lowest BCUT2D eigenvalue weighted by Crippen LogP contribution is -2.54. The van der Waals surface area contributed by atoms with Gasteiger partial charge in [0.25, 0.3) is 15.7 Å². The molecule has 1 atom stereocenters. The van der Waals surface area contributed by atoms with Crippen molar-refractivity contribution in [3.63, 3.8) is 0 Å². The lowest BCUT2D eigenvalue weighted by Gasteiger charge is -2.34. The summed E-state index contributed by atoms with van der Waals surface area (Å²) in [5, 5.41) is 14.2. The third-order valence-electron chi connectivity index (χ3n) is 7.26. The van der Waals surface area contributed by atoms with Crippen molar-refractivity contribution in [1.29, 1.82) is 0 Å². The van der Waals surface area contributed by atoms with Gasteiger partial charge in [0.2, 0.25) is 11.8 Å². The van der Waals surface area contributed by atoms with Crippen molar-refractivity contribution < 1.29 is 22.9 Å². The number of non-ortho nitro benzene ring substituents is 1. The molecule has 4 aromatic carbocycles. The van der Waals surface area contributed by atoms with E-state index in [9.17, 15) is 28.1 Å². The second kappa shape index (κ2) is 14.6. The molecule has 234 valence electrons. The zero-order valence-electron chi connectivity index (χ0n) is 25.4. The van der Waals surface area contributed by atoms with E-state index < -0.39 is 33.4 Å². The molecule has 2 amide bonds. The highest BCUT2D eigenvalue weighted by Crippen LogP contribution is 2.27. The molecule has 0 fully saturated rings. The summed E-state index contributed by atoms with van der Waals surface area (Å²) in [6.07, 6.45) is 0.194. The molecule has 0 aliphatic heterocycles. The Morgan fingerprint density at radius 2 is 1.42 bits per heavy atom. The van der Waals surface area contributed by atoms with Gasteiger partial charge in [-0.2, -0.15) is 0 Å². The van der Waals surface area contributed by atoms with E-state index >= 15 is 0 Å². The second-order valence-electron chi connectivity index (χ2n) is 10.9. The first kappa shape index (κ1) is 32.9. The number of carbonyl (C=O) groups excluding carboxylic acids is 2. The molecule has 1 N–H and O–H groups in total. The van der Waals surface area contributed by atoms with Gasteiger partial charge in [-0.1, -0.05) is 72.8 Å². The maximum absolute atomic E-state index is 14.4. The molecule has 0 aliphatic rings. The summed E-state index contributed by atoms with van der Waals surface area (Å²) in [4.78, 5) is 40.3. The van der Waals surface area contributed by atoms with E-state index in [-0.39, 0.29) is 41.2 Å². The van der Waals surface area contributed by atoms with Gasteiger partial charge >= 0.3 is 0 Å². The third-order valence-corrected chi connectivity index (χ3v) is 9.05. The Morgan fingerprint density at radius 1 is 0.844 bits per heavy atom. The number of carbonyl (C=O) groups is 2. The maximum Gasteiger partial charge on any atom is 0.269 e. The van der Waals surface area contributed by atoms with Gasteiger partial charge in [-0.15, -0.1) is 0 Å². The summed E-state index contributed by atoms with van der Waals surface area (Å²) in [5.41, 5.74) is 2.38. The number of hydrogen-bond donors (Lipinski definition) is 1. The van der Waals surface area contributed by atoms with Crippen LogP contribution in [0.2, 0.25) is 0 Å². The van der Waals surface area contributed by atoms with Crippen LogP contribution in [0.3, 0.4) is 0 Å². The highest BCUT2D eigenvalue weighted by atomic mass is 32.2. The lowest BCUT2D eigenvalue weighted by atomic mass is 10.0. The number of nitro benzene ring substituents is 1. The van der Waals surface area contributed by atoms with Gasteiger partial charge in [0.15, 0.2) is 0 Å². The Bertz CT molecular complexity index is 1730. The van der Waals surface area contributed by atoms with Crippen LogP contribution in [-0.4, -0.2) is 48.7 Å². The Labute approximate surface area is 263 Å². The fourth-order valence-electron chi connectivity index (χ4n) is 4.89. The van der Waals surface area contributed by atoms with Gasteiger partial charge in [0.05, 0.1) is 15.5 Å². The van der Waals surface area contributed by atoms with Crippen molar-refractivity contribution in [1.82, 2.24) is 10.2 Å². The minimum Gasteiger partial charge on any atom is -0.352 e. The Morgan fingerprint density at radius 3 is 2.00 bits per heavy atom. The molecular formula is C34H36N4O6S. The topological polar surface area (TPSA) is 130 Å². The van der Waals surface area contributed by atoms with Crippen LogP contribution in [-0.2, 0) is 32.6 Å². The van der Waals surface area contributed by atoms with Gasteiger partial charge in [-0.25, -0.2) is 8.42 Å². The van der Waals surface area contributed by atoms with Crippen LogP contribution in [0, 0.1) is 17.0 Å². The van der Waals surface area contributed by atoms with E-state index in [2.05, 4.69) is 5.32 Å². The molecule has 0 radical (unpaired) electrons. The summed E-state index contributed by atoms with van der Waals surface area (Å²) < 4.78 is 28.9. The first-order chi connectivity index (χ1) is 21.5. The predicted octanol–water partition coefficient (Wildman–Crippen LogP) is 5.26. The third kappa shape index (κ3) is 8.33. The van der Waals surface area contributed by atoms with Crippen molar-refractivity contribution in [3.8, 4) is 0 Å². The number of nitrogens with zero attached hydrogens (tertiary/aromatic N) is 3. The van der Waals surface area contributed by atoms with E-state index in [0.29, 0.717) is 0 Å². The fraction of sp³-hybridized carbons (Fsp3) is 0.235. The number of nitrogens with one attached hydrogen (secondary N) is 1. The molecule has 0 saturated heterocycles. The van der Waals surface area contributed by atoms with Gasteiger partial charge in [0, 0.05) is 31.1 Å². The molecule has 4 aromatic rings. The quantitative estimate of drug-likeness (QED) is 0.159. The van der Waals surface area contributed by atoms with Gasteiger partial charge in [-0.3, -0.25) is 24.0 Å². The van der Waals surface area contributed by atoms with Crippen LogP contribution in [0.4, 0.5) is 11.4 Å². The number of benzene rings is 4. The predicted molar refractivity (Wildman–Crippen MR) is 173 cm³/mol. The second-order valence-corrected chi connectivity index (χ2v) is 12.8. The van der Waals surface area contributed by atoms with E-state index in [0.717, 1.165) is 21.0 Å². The highest BCUT2D eigenvalue weighted by Gasteiger charge is 2.35. The van der Waals surface area contributed by atoms with Crippen LogP contribution >= 0.6 is 0 Å². The number of nitro groups is 1. The minimum atomic E-state index is -4.31. The molecule has 0 aliphatic carbocycles. The minimum absolute atomic E-state index is 0.0496. The molecular weight excluding hydrogens is 592 g/mol. The molecule has 45 heavy (non-hydrogen) atoms. The van der Waals surface area contributed by atoms with E-state index in [1.54, 1.807) is 18.2 Å². The van der Waals surface area contributed by atoms with Crippen molar-refractivity contribution in [3.05, 3.63) is 136 Å². The van der Waals surface area contributed by atoms with Gasteiger partial charge in [-0.05, 0) is 61.7 Å². The monoisotopic (exact) mass is 628 g/mol. The average Bonchev–Trinajstić information content (AvgIpc) is 3.02. The van der Waals surface area contributed by atoms with Gasteiger partial charge < -0.3 is 10.2 Å². The van der Waals surface area contributed by atoms with E-state index in [4.69, 9.17) is 0 Å². The fourth-order valence-corrected chi connectivity index (χ4v) is 6.33. The molecule has 0 heterocycles. The first-order valence-corrected chi connectivity index (χ1v) is 15.9. The van der Waals surface area contributed by atoms with Crippen LogP contribution in [0.25, 0.3) is 0 Å². The summed E-state index contributed by atoms with van der Waals surface area (Å²) in [5.74, 6) is -0.987. The van der Waals surface area contributed by atoms with Crippen LogP contribution in [0.15, 0.2) is 114 Å².